The van der Waals surface area contributed by atoms with Crippen molar-refractivity contribution in [3.63, 3.8) is 0 Å². The molecule has 2 aromatic carbocycles. The van der Waals surface area contributed by atoms with Gasteiger partial charge in [-0.05, 0) is 35.4 Å². The van der Waals surface area contributed by atoms with E-state index in [4.69, 9.17) is 9.47 Å². The molecule has 2 aromatic rings. The highest BCUT2D eigenvalue weighted by Crippen LogP contribution is 2.31. The van der Waals surface area contributed by atoms with Gasteiger partial charge < -0.3 is 14.6 Å². The van der Waals surface area contributed by atoms with E-state index in [-0.39, 0.29) is 25.7 Å². The number of aliphatic hydroxyl groups excluding tert-OH is 1. The summed E-state index contributed by atoms with van der Waals surface area (Å²) in [6.45, 7) is 0.0967. The Hall–Kier alpha value is -3.12. The number of hydrogen-bond donors (Lipinski definition) is 2. The van der Waals surface area contributed by atoms with Crippen LogP contribution in [-0.2, 0) is 4.79 Å². The van der Waals surface area contributed by atoms with Crippen molar-refractivity contribution in [2.24, 2.45) is 5.10 Å². The van der Waals surface area contributed by atoms with Crippen LogP contribution in [0.25, 0.3) is 6.08 Å². The number of hydrazone groups is 1. The van der Waals surface area contributed by atoms with E-state index in [1.165, 1.54) is 6.21 Å². The summed E-state index contributed by atoms with van der Waals surface area (Å²) in [5, 5.41) is 13.1. The number of amides is 1. The molecule has 0 bridgehead atoms. The van der Waals surface area contributed by atoms with E-state index in [9.17, 15) is 9.90 Å². The molecule has 1 amide bonds. The van der Waals surface area contributed by atoms with Crippen LogP contribution in [0.1, 0.15) is 17.5 Å². The van der Waals surface area contributed by atoms with Gasteiger partial charge in [-0.1, -0.05) is 30.3 Å². The maximum absolute atomic E-state index is 12.3. The highest BCUT2D eigenvalue weighted by Gasteiger charge is 2.12. The number of rotatable bonds is 6. The lowest BCUT2D eigenvalue weighted by Gasteiger charge is -2.05. The second-order valence-electron chi connectivity index (χ2n) is 5.37. The number of ether oxygens (including phenoxy) is 2. The van der Waals surface area contributed by atoms with Gasteiger partial charge in [0.15, 0.2) is 11.5 Å². The fourth-order valence-corrected chi connectivity index (χ4v) is 2.35. The molecule has 0 spiro atoms. The van der Waals surface area contributed by atoms with Crippen LogP contribution in [0.2, 0.25) is 0 Å². The molecule has 0 atom stereocenters. The van der Waals surface area contributed by atoms with Crippen LogP contribution >= 0.6 is 0 Å². The Morgan fingerprint density at radius 1 is 1.12 bits per heavy atom. The third kappa shape index (κ3) is 4.45. The van der Waals surface area contributed by atoms with Crippen molar-refractivity contribution in [2.45, 2.75) is 6.42 Å². The van der Waals surface area contributed by atoms with Crippen LogP contribution in [0.3, 0.4) is 0 Å². The number of benzene rings is 2. The lowest BCUT2D eigenvalue weighted by atomic mass is 10.1. The summed E-state index contributed by atoms with van der Waals surface area (Å²) in [6, 6.07) is 14.8. The molecule has 128 valence electrons. The highest BCUT2D eigenvalue weighted by molar-refractivity contribution is 5.98. The molecular formula is C19H18N2O4. The molecular weight excluding hydrogens is 320 g/mol. The Kier molecular flexibility index (Phi) is 5.43. The average molecular weight is 338 g/mol. The molecule has 0 unspecified atom stereocenters. The summed E-state index contributed by atoms with van der Waals surface area (Å²) in [5.41, 5.74) is 4.61. The highest BCUT2D eigenvalue weighted by atomic mass is 16.7. The Morgan fingerprint density at radius 2 is 1.92 bits per heavy atom. The fourth-order valence-electron chi connectivity index (χ4n) is 2.35. The van der Waals surface area contributed by atoms with Gasteiger partial charge in [-0.25, -0.2) is 5.43 Å². The van der Waals surface area contributed by atoms with Gasteiger partial charge in [-0.15, -0.1) is 0 Å². The topological polar surface area (TPSA) is 80.2 Å². The first-order valence-corrected chi connectivity index (χ1v) is 7.86. The summed E-state index contributed by atoms with van der Waals surface area (Å²) >= 11 is 0. The van der Waals surface area contributed by atoms with E-state index in [0.717, 1.165) is 11.1 Å². The molecule has 6 heteroatoms. The number of hydrogen-bond acceptors (Lipinski definition) is 5. The number of fused-ring (bicyclic) bond motifs is 1. The SMILES string of the molecule is O=C(NN=Cc1ccc2c(c1)OCO2)C(=Cc1ccccc1)CCO. The minimum atomic E-state index is -0.352. The van der Waals surface area contributed by atoms with Gasteiger partial charge in [0.1, 0.15) is 0 Å². The third-order valence-electron chi connectivity index (χ3n) is 3.59. The van der Waals surface area contributed by atoms with Gasteiger partial charge in [-0.3, -0.25) is 4.79 Å². The lowest BCUT2D eigenvalue weighted by Crippen LogP contribution is -2.20. The normalized spacial score (nSPS) is 13.2. The summed E-state index contributed by atoms with van der Waals surface area (Å²) in [5.74, 6) is 0.993. The third-order valence-corrected chi connectivity index (χ3v) is 3.59. The van der Waals surface area contributed by atoms with E-state index in [1.807, 2.05) is 36.4 Å². The van der Waals surface area contributed by atoms with Gasteiger partial charge in [0.2, 0.25) is 6.79 Å². The van der Waals surface area contributed by atoms with Crippen molar-refractivity contribution in [2.75, 3.05) is 13.4 Å². The van der Waals surface area contributed by atoms with E-state index < -0.39 is 0 Å². The molecule has 3 rings (SSSR count). The van der Waals surface area contributed by atoms with E-state index in [0.29, 0.717) is 17.1 Å². The van der Waals surface area contributed by atoms with Crippen molar-refractivity contribution in [1.82, 2.24) is 5.43 Å². The standard InChI is InChI=1S/C19H18N2O4/c22-9-8-16(10-14-4-2-1-3-5-14)19(23)21-20-12-15-6-7-17-18(11-15)25-13-24-17/h1-7,10-12,22H,8-9,13H2,(H,21,23). The maximum atomic E-state index is 12.3. The lowest BCUT2D eigenvalue weighted by molar-refractivity contribution is -0.117. The van der Waals surface area contributed by atoms with Crippen LogP contribution in [0, 0.1) is 0 Å². The first-order valence-electron chi connectivity index (χ1n) is 7.86. The summed E-state index contributed by atoms with van der Waals surface area (Å²) in [7, 11) is 0. The molecule has 1 heterocycles. The Balaban J connectivity index is 1.66. The van der Waals surface area contributed by atoms with Gasteiger partial charge in [0, 0.05) is 18.6 Å². The number of nitrogens with one attached hydrogen (secondary N) is 1. The van der Waals surface area contributed by atoms with Crippen molar-refractivity contribution < 1.29 is 19.4 Å². The van der Waals surface area contributed by atoms with E-state index in [2.05, 4.69) is 10.5 Å². The Labute approximate surface area is 145 Å². The van der Waals surface area contributed by atoms with E-state index in [1.54, 1.807) is 18.2 Å². The molecule has 0 fully saturated rings. The van der Waals surface area contributed by atoms with Crippen molar-refractivity contribution in [3.8, 4) is 11.5 Å². The second-order valence-corrected chi connectivity index (χ2v) is 5.37. The first kappa shape index (κ1) is 16.7. The van der Waals surface area contributed by atoms with Gasteiger partial charge in [0.25, 0.3) is 5.91 Å². The second kappa shape index (κ2) is 8.12. The van der Waals surface area contributed by atoms with Crippen LogP contribution in [-0.4, -0.2) is 30.6 Å². The molecule has 0 aromatic heterocycles. The predicted molar refractivity (Wildman–Crippen MR) is 94.4 cm³/mol. The predicted octanol–water partition coefficient (Wildman–Crippen LogP) is 2.33. The monoisotopic (exact) mass is 338 g/mol. The largest absolute Gasteiger partial charge is 0.454 e. The smallest absolute Gasteiger partial charge is 0.267 e. The maximum Gasteiger partial charge on any atom is 0.267 e. The number of carbonyl (C=O) groups excluding carboxylic acids is 1. The molecule has 1 aliphatic heterocycles. The molecule has 6 nitrogen and oxygen atoms in total. The van der Waals surface area contributed by atoms with Crippen LogP contribution in [0.15, 0.2) is 59.2 Å². The number of nitrogens with zero attached hydrogens (tertiary/aromatic N) is 1. The zero-order valence-electron chi connectivity index (χ0n) is 13.5. The average Bonchev–Trinajstić information content (AvgIpc) is 3.10. The number of aliphatic hydroxyl groups is 1. The molecule has 0 radical (unpaired) electrons. The Bertz CT molecular complexity index is 800. The summed E-state index contributed by atoms with van der Waals surface area (Å²) < 4.78 is 10.5. The number of carbonyl (C=O) groups is 1. The summed E-state index contributed by atoms with van der Waals surface area (Å²) in [4.78, 5) is 12.3. The fraction of sp³-hybridized carbons (Fsp3) is 0.158. The minimum Gasteiger partial charge on any atom is -0.454 e. The van der Waals surface area contributed by atoms with Crippen LogP contribution < -0.4 is 14.9 Å². The molecule has 2 N–H and O–H groups in total. The van der Waals surface area contributed by atoms with Crippen molar-refractivity contribution in [1.29, 1.82) is 0 Å². The molecule has 0 aliphatic carbocycles. The minimum absolute atomic E-state index is 0.113. The molecule has 0 saturated heterocycles. The van der Waals surface area contributed by atoms with Gasteiger partial charge in [0.05, 0.1) is 6.21 Å². The quantitative estimate of drug-likeness (QED) is 0.481. The molecule has 0 saturated carbocycles. The van der Waals surface area contributed by atoms with Gasteiger partial charge >= 0.3 is 0 Å². The van der Waals surface area contributed by atoms with E-state index >= 15 is 0 Å². The molecule has 25 heavy (non-hydrogen) atoms. The Morgan fingerprint density at radius 3 is 2.72 bits per heavy atom. The summed E-state index contributed by atoms with van der Waals surface area (Å²) in [6.07, 6.45) is 3.51. The van der Waals surface area contributed by atoms with Gasteiger partial charge in [-0.2, -0.15) is 5.10 Å². The van der Waals surface area contributed by atoms with Crippen LogP contribution in [0.4, 0.5) is 0 Å². The zero-order valence-corrected chi connectivity index (χ0v) is 13.5. The first-order chi connectivity index (χ1) is 12.3. The van der Waals surface area contributed by atoms with Crippen LogP contribution in [0.5, 0.6) is 11.5 Å². The molecule has 1 aliphatic rings. The van der Waals surface area contributed by atoms with Crippen molar-refractivity contribution in [3.05, 3.63) is 65.2 Å². The van der Waals surface area contributed by atoms with Crippen molar-refractivity contribution >= 4 is 18.2 Å². The zero-order chi connectivity index (χ0) is 17.5.